The lowest BCUT2D eigenvalue weighted by Crippen LogP contribution is -2.20. The first kappa shape index (κ1) is 18.5. The Hall–Kier alpha value is -1.81. The lowest BCUT2D eigenvalue weighted by atomic mass is 10.1. The third kappa shape index (κ3) is 5.68. The Labute approximate surface area is 152 Å². The lowest BCUT2D eigenvalue weighted by Gasteiger charge is -2.11. The topological polar surface area (TPSA) is 32.3 Å². The predicted octanol–water partition coefficient (Wildman–Crippen LogP) is 4.86. The van der Waals surface area contributed by atoms with Gasteiger partial charge in [0.25, 0.3) is 0 Å². The van der Waals surface area contributed by atoms with Crippen molar-refractivity contribution in [2.75, 3.05) is 32.5 Å². The molecule has 2 aromatic carbocycles. The second-order valence-corrected chi connectivity index (χ2v) is 6.51. The van der Waals surface area contributed by atoms with E-state index in [-0.39, 0.29) is 5.78 Å². The number of benzene rings is 2. The highest BCUT2D eigenvalue weighted by molar-refractivity contribution is 6.35. The molecule has 0 aliphatic heterocycles. The van der Waals surface area contributed by atoms with Crippen molar-refractivity contribution in [1.29, 1.82) is 0 Å². The number of hydrogen-bond donors (Lipinski definition) is 1. The number of halogens is 2. The zero-order valence-electron chi connectivity index (χ0n) is 13.7. The molecule has 0 bridgehead atoms. The number of carbonyl (C=O) groups excluding carboxylic acids is 1. The minimum absolute atomic E-state index is 0.0686. The number of nitrogens with zero attached hydrogens (tertiary/aromatic N) is 1. The Morgan fingerprint density at radius 1 is 1.12 bits per heavy atom. The van der Waals surface area contributed by atoms with E-state index in [9.17, 15) is 4.79 Å². The molecule has 0 saturated heterocycles. The van der Waals surface area contributed by atoms with Gasteiger partial charge < -0.3 is 10.2 Å². The van der Waals surface area contributed by atoms with Crippen molar-refractivity contribution in [2.45, 2.75) is 0 Å². The van der Waals surface area contributed by atoms with Crippen LogP contribution in [0.4, 0.5) is 5.69 Å². The second-order valence-electron chi connectivity index (χ2n) is 5.67. The number of carbonyl (C=O) groups is 1. The Kier molecular flexibility index (Phi) is 6.85. The van der Waals surface area contributed by atoms with Gasteiger partial charge in [0.1, 0.15) is 0 Å². The standard InChI is InChI=1S/C19H20Cl2N2O/c1-23(2)12-11-22-17-8-4-15(5-9-17)19(24)10-6-14-3-7-16(20)13-18(14)21/h3-10,13,22H,11-12H2,1-2H3/b10-6+. The highest BCUT2D eigenvalue weighted by Gasteiger charge is 2.03. The molecule has 3 nitrogen and oxygen atoms in total. The van der Waals surface area contributed by atoms with Gasteiger partial charge >= 0.3 is 0 Å². The third-order valence-electron chi connectivity index (χ3n) is 3.43. The molecule has 24 heavy (non-hydrogen) atoms. The maximum Gasteiger partial charge on any atom is 0.185 e. The van der Waals surface area contributed by atoms with Crippen LogP contribution >= 0.6 is 23.2 Å². The van der Waals surface area contributed by atoms with E-state index in [2.05, 4.69) is 10.2 Å². The van der Waals surface area contributed by atoms with E-state index in [4.69, 9.17) is 23.2 Å². The fraction of sp³-hybridized carbons (Fsp3) is 0.211. The number of ketones is 1. The molecule has 0 atom stereocenters. The van der Waals surface area contributed by atoms with Crippen LogP contribution in [0.5, 0.6) is 0 Å². The first-order valence-corrected chi connectivity index (χ1v) is 8.37. The molecular formula is C19H20Cl2N2O. The van der Waals surface area contributed by atoms with Crippen molar-refractivity contribution in [1.82, 2.24) is 4.90 Å². The van der Waals surface area contributed by atoms with Gasteiger partial charge in [0.15, 0.2) is 5.78 Å². The quantitative estimate of drug-likeness (QED) is 0.563. The Morgan fingerprint density at radius 2 is 1.83 bits per heavy atom. The SMILES string of the molecule is CN(C)CCNc1ccc(C(=O)/C=C/c2ccc(Cl)cc2Cl)cc1. The molecule has 0 fully saturated rings. The summed E-state index contributed by atoms with van der Waals surface area (Å²) in [6, 6.07) is 12.6. The average molecular weight is 363 g/mol. The van der Waals surface area contributed by atoms with E-state index in [1.54, 1.807) is 24.3 Å². The third-order valence-corrected chi connectivity index (χ3v) is 4.00. The van der Waals surface area contributed by atoms with Crippen molar-refractivity contribution in [3.8, 4) is 0 Å². The fourth-order valence-corrected chi connectivity index (χ4v) is 2.55. The van der Waals surface area contributed by atoms with Gasteiger partial charge in [0.2, 0.25) is 0 Å². The van der Waals surface area contributed by atoms with Crippen molar-refractivity contribution in [2.24, 2.45) is 0 Å². The zero-order valence-corrected chi connectivity index (χ0v) is 15.2. The highest BCUT2D eigenvalue weighted by atomic mass is 35.5. The largest absolute Gasteiger partial charge is 0.384 e. The first-order valence-electron chi connectivity index (χ1n) is 7.62. The van der Waals surface area contributed by atoms with Gasteiger partial charge in [-0.1, -0.05) is 29.3 Å². The predicted molar refractivity (Wildman–Crippen MR) is 103 cm³/mol. The van der Waals surface area contributed by atoms with Gasteiger partial charge in [-0.25, -0.2) is 0 Å². The molecule has 0 aromatic heterocycles. The monoisotopic (exact) mass is 362 g/mol. The summed E-state index contributed by atoms with van der Waals surface area (Å²) in [6.07, 6.45) is 3.22. The highest BCUT2D eigenvalue weighted by Crippen LogP contribution is 2.22. The minimum Gasteiger partial charge on any atom is -0.384 e. The van der Waals surface area contributed by atoms with Crippen LogP contribution in [0.25, 0.3) is 6.08 Å². The van der Waals surface area contributed by atoms with Crippen molar-refractivity contribution < 1.29 is 4.79 Å². The molecule has 126 valence electrons. The molecule has 1 N–H and O–H groups in total. The number of allylic oxidation sites excluding steroid dienone is 1. The molecule has 0 saturated carbocycles. The maximum absolute atomic E-state index is 12.2. The van der Waals surface area contributed by atoms with Crippen LogP contribution in [0.3, 0.4) is 0 Å². The van der Waals surface area contributed by atoms with E-state index < -0.39 is 0 Å². The number of anilines is 1. The molecule has 5 heteroatoms. The molecule has 0 aliphatic rings. The molecule has 0 spiro atoms. The summed E-state index contributed by atoms with van der Waals surface area (Å²) in [7, 11) is 4.06. The molecule has 0 heterocycles. The van der Waals surface area contributed by atoms with E-state index in [0.717, 1.165) is 24.3 Å². The number of hydrogen-bond acceptors (Lipinski definition) is 3. The van der Waals surface area contributed by atoms with Crippen LogP contribution in [0.15, 0.2) is 48.5 Å². The minimum atomic E-state index is -0.0686. The van der Waals surface area contributed by atoms with Crippen molar-refractivity contribution in [3.63, 3.8) is 0 Å². The Bertz CT molecular complexity index is 725. The van der Waals surface area contributed by atoms with Crippen LogP contribution < -0.4 is 5.32 Å². The smallest absolute Gasteiger partial charge is 0.185 e. The van der Waals surface area contributed by atoms with E-state index in [1.807, 2.05) is 38.4 Å². The average Bonchev–Trinajstić information content (AvgIpc) is 2.54. The summed E-state index contributed by atoms with van der Waals surface area (Å²) in [5.41, 5.74) is 2.39. The lowest BCUT2D eigenvalue weighted by molar-refractivity contribution is 0.104. The normalized spacial score (nSPS) is 11.2. The van der Waals surface area contributed by atoms with Crippen LogP contribution in [-0.4, -0.2) is 37.9 Å². The Balaban J connectivity index is 1.98. The summed E-state index contributed by atoms with van der Waals surface area (Å²) in [5, 5.41) is 4.40. The maximum atomic E-state index is 12.2. The Morgan fingerprint density at radius 3 is 2.46 bits per heavy atom. The van der Waals surface area contributed by atoms with Crippen LogP contribution in [0, 0.1) is 0 Å². The van der Waals surface area contributed by atoms with Crippen LogP contribution in [0.1, 0.15) is 15.9 Å². The molecule has 0 radical (unpaired) electrons. The second kappa shape index (κ2) is 8.88. The van der Waals surface area contributed by atoms with Crippen molar-refractivity contribution >= 4 is 40.7 Å². The van der Waals surface area contributed by atoms with Crippen LogP contribution in [-0.2, 0) is 0 Å². The van der Waals surface area contributed by atoms with E-state index >= 15 is 0 Å². The van der Waals surface area contributed by atoms with E-state index in [0.29, 0.717) is 15.6 Å². The van der Waals surface area contributed by atoms with Gasteiger partial charge in [-0.3, -0.25) is 4.79 Å². The first-order chi connectivity index (χ1) is 11.5. The van der Waals surface area contributed by atoms with Crippen LogP contribution in [0.2, 0.25) is 10.0 Å². The van der Waals surface area contributed by atoms with Gasteiger partial charge in [-0.15, -0.1) is 0 Å². The summed E-state index contributed by atoms with van der Waals surface area (Å²) in [6.45, 7) is 1.81. The van der Waals surface area contributed by atoms with E-state index in [1.165, 1.54) is 6.08 Å². The molecule has 0 aliphatic carbocycles. The van der Waals surface area contributed by atoms with Gasteiger partial charge in [-0.2, -0.15) is 0 Å². The van der Waals surface area contributed by atoms with Crippen molar-refractivity contribution in [3.05, 3.63) is 69.7 Å². The van der Waals surface area contributed by atoms with Gasteiger partial charge in [0.05, 0.1) is 0 Å². The summed E-state index contributed by atoms with van der Waals surface area (Å²) in [5.74, 6) is -0.0686. The number of likely N-dealkylation sites (N-methyl/N-ethyl adjacent to an activating group) is 1. The zero-order chi connectivity index (χ0) is 17.5. The molecular weight excluding hydrogens is 343 g/mol. The molecule has 0 amide bonds. The van der Waals surface area contributed by atoms with Gasteiger partial charge in [-0.05, 0) is 68.2 Å². The number of rotatable bonds is 7. The molecule has 0 unspecified atom stereocenters. The summed E-state index contributed by atoms with van der Waals surface area (Å²) >= 11 is 12.0. The summed E-state index contributed by atoms with van der Waals surface area (Å²) < 4.78 is 0. The van der Waals surface area contributed by atoms with Gasteiger partial charge in [0, 0.05) is 34.4 Å². The summed E-state index contributed by atoms with van der Waals surface area (Å²) in [4.78, 5) is 14.3. The molecule has 2 rings (SSSR count). The fourth-order valence-electron chi connectivity index (χ4n) is 2.07. The number of nitrogens with one attached hydrogen (secondary N) is 1. The molecule has 2 aromatic rings.